The van der Waals surface area contributed by atoms with Crippen LogP contribution in [0.25, 0.3) is 5.57 Å². The summed E-state index contributed by atoms with van der Waals surface area (Å²) >= 11 is 0. The van der Waals surface area contributed by atoms with Gasteiger partial charge in [-0.3, -0.25) is 0 Å². The van der Waals surface area contributed by atoms with Gasteiger partial charge in [0.15, 0.2) is 0 Å². The van der Waals surface area contributed by atoms with E-state index in [0.29, 0.717) is 12.1 Å². The van der Waals surface area contributed by atoms with Crippen LogP contribution in [-0.4, -0.2) is 22.2 Å². The Labute approximate surface area is 88.4 Å². The second kappa shape index (κ2) is 4.52. The van der Waals surface area contributed by atoms with Crippen molar-refractivity contribution in [1.29, 1.82) is 0 Å². The van der Waals surface area contributed by atoms with Gasteiger partial charge in [0, 0.05) is 11.6 Å². The summed E-state index contributed by atoms with van der Waals surface area (Å²) in [5, 5.41) is 17.1. The molecule has 0 heterocycles. The molecule has 0 unspecified atom stereocenters. The number of hydrogen-bond donors (Lipinski definition) is 2. The maximum absolute atomic E-state index is 13.2. The normalized spacial score (nSPS) is 11.2. The number of halogens is 2. The Kier molecular flexibility index (Phi) is 3.34. The molecule has 0 atom stereocenters. The zero-order valence-electron chi connectivity index (χ0n) is 7.78. The maximum Gasteiger partial charge on any atom is 0.336 e. The quantitative estimate of drug-likeness (QED) is 0.769. The molecule has 0 aliphatic rings. The van der Waals surface area contributed by atoms with Gasteiger partial charge in [0.2, 0.25) is 0 Å². The summed E-state index contributed by atoms with van der Waals surface area (Å²) in [6.45, 7) is 0. The molecule has 1 rings (SSSR count). The molecule has 0 aliphatic carbocycles. The third-order valence-corrected chi connectivity index (χ3v) is 1.72. The average molecular weight is 228 g/mol. The van der Waals surface area contributed by atoms with Crippen molar-refractivity contribution in [3.63, 3.8) is 0 Å². The summed E-state index contributed by atoms with van der Waals surface area (Å²) in [5.74, 6) is -5.06. The number of carbonyl (C=O) groups is 2. The van der Waals surface area contributed by atoms with Crippen LogP contribution in [0.4, 0.5) is 8.78 Å². The summed E-state index contributed by atoms with van der Waals surface area (Å²) in [6, 6.07) is 2.15. The summed E-state index contributed by atoms with van der Waals surface area (Å²) in [4.78, 5) is 21.0. The van der Waals surface area contributed by atoms with Gasteiger partial charge in [0.05, 0.1) is 5.57 Å². The molecule has 1 aromatic carbocycles. The fourth-order valence-electron chi connectivity index (χ4n) is 1.08. The molecule has 1 aromatic rings. The minimum absolute atomic E-state index is 0.306. The standard InChI is InChI=1S/C10H6F2O4/c11-5-1-2-8(12)6(3-5)7(10(15)16)4-9(13)14/h1-4H,(H,13,14)(H,15,16)/b7-4-. The van der Waals surface area contributed by atoms with Crippen molar-refractivity contribution in [2.75, 3.05) is 0 Å². The molecule has 0 spiro atoms. The fourth-order valence-corrected chi connectivity index (χ4v) is 1.08. The van der Waals surface area contributed by atoms with Gasteiger partial charge in [0.25, 0.3) is 0 Å². The van der Waals surface area contributed by atoms with E-state index in [1.807, 2.05) is 0 Å². The van der Waals surface area contributed by atoms with Crippen LogP contribution in [0.5, 0.6) is 0 Å². The number of benzene rings is 1. The number of aliphatic carboxylic acids is 2. The van der Waals surface area contributed by atoms with Crippen molar-refractivity contribution < 1.29 is 28.6 Å². The van der Waals surface area contributed by atoms with E-state index in [2.05, 4.69) is 0 Å². The van der Waals surface area contributed by atoms with E-state index < -0.39 is 34.7 Å². The molecule has 0 radical (unpaired) electrons. The lowest BCUT2D eigenvalue weighted by atomic mass is 10.0. The Hall–Kier alpha value is -2.24. The smallest absolute Gasteiger partial charge is 0.336 e. The molecule has 0 bridgehead atoms. The topological polar surface area (TPSA) is 74.6 Å². The molecule has 0 aromatic heterocycles. The highest BCUT2D eigenvalue weighted by molar-refractivity contribution is 6.19. The van der Waals surface area contributed by atoms with Gasteiger partial charge in [-0.15, -0.1) is 0 Å². The lowest BCUT2D eigenvalue weighted by molar-refractivity contribution is -0.133. The third-order valence-electron chi connectivity index (χ3n) is 1.72. The van der Waals surface area contributed by atoms with Crippen molar-refractivity contribution in [2.45, 2.75) is 0 Å². The van der Waals surface area contributed by atoms with Gasteiger partial charge < -0.3 is 10.2 Å². The summed E-state index contributed by atoms with van der Waals surface area (Å²) < 4.78 is 25.9. The lowest BCUT2D eigenvalue weighted by Gasteiger charge is -2.03. The molecule has 0 fully saturated rings. The van der Waals surface area contributed by atoms with Gasteiger partial charge in [-0.2, -0.15) is 0 Å². The molecule has 4 nitrogen and oxygen atoms in total. The van der Waals surface area contributed by atoms with Crippen LogP contribution in [0.15, 0.2) is 24.3 Å². The van der Waals surface area contributed by atoms with Crippen molar-refractivity contribution >= 4 is 17.5 Å². The Bertz CT molecular complexity index is 480. The number of carboxylic acids is 2. The first kappa shape index (κ1) is 11.8. The van der Waals surface area contributed by atoms with E-state index in [4.69, 9.17) is 10.2 Å². The Morgan fingerprint density at radius 3 is 2.31 bits per heavy atom. The highest BCUT2D eigenvalue weighted by atomic mass is 19.1. The van der Waals surface area contributed by atoms with Crippen LogP contribution in [0.2, 0.25) is 0 Å². The first-order chi connectivity index (χ1) is 7.41. The summed E-state index contributed by atoms with van der Waals surface area (Å²) in [7, 11) is 0. The molecule has 0 aliphatic heterocycles. The van der Waals surface area contributed by atoms with Crippen LogP contribution in [0.1, 0.15) is 5.56 Å². The first-order valence-electron chi connectivity index (χ1n) is 4.05. The number of hydrogen-bond acceptors (Lipinski definition) is 2. The predicted octanol–water partition coefficient (Wildman–Crippen LogP) is 1.52. The van der Waals surface area contributed by atoms with E-state index >= 15 is 0 Å². The molecule has 6 heteroatoms. The lowest BCUT2D eigenvalue weighted by Crippen LogP contribution is -2.05. The van der Waals surface area contributed by atoms with E-state index in [0.717, 1.165) is 12.1 Å². The molecular formula is C10H6F2O4. The Balaban J connectivity index is 3.37. The van der Waals surface area contributed by atoms with Crippen molar-refractivity contribution in [1.82, 2.24) is 0 Å². The maximum atomic E-state index is 13.2. The molecular weight excluding hydrogens is 222 g/mol. The SMILES string of the molecule is O=C(O)/C=C(\C(=O)O)c1cc(F)ccc1F. The second-order valence-electron chi connectivity index (χ2n) is 2.83. The Morgan fingerprint density at radius 1 is 1.19 bits per heavy atom. The van der Waals surface area contributed by atoms with E-state index in [1.54, 1.807) is 0 Å². The Morgan fingerprint density at radius 2 is 1.81 bits per heavy atom. The number of rotatable bonds is 3. The molecule has 0 amide bonds. The molecule has 84 valence electrons. The van der Waals surface area contributed by atoms with Gasteiger partial charge in [-0.05, 0) is 18.2 Å². The van der Waals surface area contributed by atoms with Crippen LogP contribution in [0.3, 0.4) is 0 Å². The highest BCUT2D eigenvalue weighted by Crippen LogP contribution is 2.19. The summed E-state index contributed by atoms with van der Waals surface area (Å²) in [5.41, 5.74) is -1.42. The second-order valence-corrected chi connectivity index (χ2v) is 2.83. The van der Waals surface area contributed by atoms with Crippen LogP contribution >= 0.6 is 0 Å². The molecule has 2 N–H and O–H groups in total. The van der Waals surface area contributed by atoms with E-state index in [9.17, 15) is 18.4 Å². The largest absolute Gasteiger partial charge is 0.478 e. The van der Waals surface area contributed by atoms with Crippen LogP contribution < -0.4 is 0 Å². The monoisotopic (exact) mass is 228 g/mol. The minimum atomic E-state index is -1.65. The van der Waals surface area contributed by atoms with Gasteiger partial charge in [-0.25, -0.2) is 18.4 Å². The highest BCUT2D eigenvalue weighted by Gasteiger charge is 2.17. The predicted molar refractivity (Wildman–Crippen MR) is 49.6 cm³/mol. The first-order valence-corrected chi connectivity index (χ1v) is 4.05. The van der Waals surface area contributed by atoms with Crippen LogP contribution in [-0.2, 0) is 9.59 Å². The van der Waals surface area contributed by atoms with Crippen molar-refractivity contribution in [3.8, 4) is 0 Å². The zero-order valence-corrected chi connectivity index (χ0v) is 7.78. The van der Waals surface area contributed by atoms with Gasteiger partial charge in [0.1, 0.15) is 11.6 Å². The van der Waals surface area contributed by atoms with Crippen molar-refractivity contribution in [3.05, 3.63) is 41.5 Å². The molecule has 0 saturated carbocycles. The fraction of sp³-hybridized carbons (Fsp3) is 0. The van der Waals surface area contributed by atoms with E-state index in [-0.39, 0.29) is 0 Å². The molecule has 16 heavy (non-hydrogen) atoms. The summed E-state index contributed by atoms with van der Waals surface area (Å²) in [6.07, 6.45) is 0.306. The van der Waals surface area contributed by atoms with Gasteiger partial charge in [-0.1, -0.05) is 0 Å². The third kappa shape index (κ3) is 2.63. The minimum Gasteiger partial charge on any atom is -0.478 e. The van der Waals surface area contributed by atoms with Crippen molar-refractivity contribution in [2.24, 2.45) is 0 Å². The van der Waals surface area contributed by atoms with E-state index in [1.165, 1.54) is 0 Å². The average Bonchev–Trinajstić information content (AvgIpc) is 2.18. The molecule has 0 saturated heterocycles. The van der Waals surface area contributed by atoms with Crippen LogP contribution in [0, 0.1) is 11.6 Å². The zero-order chi connectivity index (χ0) is 12.3. The number of carboxylic acid groups (broad SMARTS) is 2. The van der Waals surface area contributed by atoms with Gasteiger partial charge >= 0.3 is 11.9 Å².